The Kier molecular flexibility index (Phi) is 4.39. The summed E-state index contributed by atoms with van der Waals surface area (Å²) >= 11 is 0. The number of benzene rings is 2. The van der Waals surface area contributed by atoms with E-state index in [2.05, 4.69) is 53.7 Å². The van der Waals surface area contributed by atoms with Gasteiger partial charge in [-0.2, -0.15) is 0 Å². The molecule has 0 aromatic heterocycles. The van der Waals surface area contributed by atoms with Crippen molar-refractivity contribution >= 4 is 5.97 Å². The molecule has 0 atom stereocenters. The molecule has 2 rings (SSSR count). The van der Waals surface area contributed by atoms with E-state index in [1.54, 1.807) is 6.07 Å². The molecule has 0 unspecified atom stereocenters. The topological polar surface area (TPSA) is 37.3 Å². The van der Waals surface area contributed by atoms with Crippen LogP contribution in [0.4, 0.5) is 0 Å². The number of carboxylic acids is 1. The maximum absolute atomic E-state index is 11.7. The Hall–Kier alpha value is -2.09. The minimum atomic E-state index is -0.883. The van der Waals surface area contributed by atoms with Crippen molar-refractivity contribution in [1.82, 2.24) is 0 Å². The van der Waals surface area contributed by atoms with Crippen LogP contribution in [-0.2, 0) is 10.8 Å². The van der Waals surface area contributed by atoms with Crippen LogP contribution in [0.1, 0.15) is 63.0 Å². The molecule has 23 heavy (non-hydrogen) atoms. The molecule has 2 nitrogen and oxygen atoms in total. The molecule has 1 N–H and O–H groups in total. The number of hydrogen-bond acceptors (Lipinski definition) is 1. The minimum Gasteiger partial charge on any atom is -0.478 e. The maximum Gasteiger partial charge on any atom is 0.336 e. The summed E-state index contributed by atoms with van der Waals surface area (Å²) in [7, 11) is 0. The molecule has 0 bridgehead atoms. The van der Waals surface area contributed by atoms with Crippen molar-refractivity contribution < 1.29 is 9.90 Å². The van der Waals surface area contributed by atoms with Crippen molar-refractivity contribution in [1.29, 1.82) is 0 Å². The largest absolute Gasteiger partial charge is 0.478 e. The molecule has 0 saturated heterocycles. The van der Waals surface area contributed by atoms with Crippen molar-refractivity contribution in [2.75, 3.05) is 0 Å². The van der Waals surface area contributed by atoms with E-state index in [9.17, 15) is 9.90 Å². The van der Waals surface area contributed by atoms with E-state index in [4.69, 9.17) is 0 Å². The molecule has 2 heteroatoms. The van der Waals surface area contributed by atoms with Crippen molar-refractivity contribution in [3.8, 4) is 11.1 Å². The summed E-state index contributed by atoms with van der Waals surface area (Å²) in [5.41, 5.74) is 4.36. The Morgan fingerprint density at radius 3 is 1.70 bits per heavy atom. The Bertz CT molecular complexity index is 711. The van der Waals surface area contributed by atoms with E-state index >= 15 is 0 Å². The lowest BCUT2D eigenvalue weighted by Crippen LogP contribution is -2.13. The highest BCUT2D eigenvalue weighted by atomic mass is 16.4. The predicted molar refractivity (Wildman–Crippen MR) is 96.2 cm³/mol. The van der Waals surface area contributed by atoms with Crippen molar-refractivity contribution in [3.05, 3.63) is 59.2 Å². The Balaban J connectivity index is 2.53. The van der Waals surface area contributed by atoms with E-state index in [0.29, 0.717) is 5.56 Å². The molecular weight excluding hydrogens is 284 g/mol. The quantitative estimate of drug-likeness (QED) is 0.778. The summed E-state index contributed by atoms with van der Waals surface area (Å²) in [4.78, 5) is 11.7. The summed E-state index contributed by atoms with van der Waals surface area (Å²) in [5, 5.41) is 9.60. The van der Waals surface area contributed by atoms with E-state index in [0.717, 1.165) is 16.7 Å². The molecule has 2 aromatic rings. The summed E-state index contributed by atoms with van der Waals surface area (Å²) in [6.07, 6.45) is 0. The molecule has 0 aliphatic carbocycles. The Labute approximate surface area is 139 Å². The van der Waals surface area contributed by atoms with Crippen LogP contribution in [-0.4, -0.2) is 11.1 Å². The third-order valence-electron chi connectivity index (χ3n) is 4.18. The zero-order valence-electron chi connectivity index (χ0n) is 14.9. The molecule has 0 amide bonds. The van der Waals surface area contributed by atoms with Gasteiger partial charge in [0.05, 0.1) is 5.56 Å². The molecule has 0 fully saturated rings. The van der Waals surface area contributed by atoms with Crippen LogP contribution in [0.2, 0.25) is 0 Å². The second-order valence-corrected chi connectivity index (χ2v) is 8.14. The number of carbonyl (C=O) groups is 1. The van der Waals surface area contributed by atoms with Gasteiger partial charge in [-0.1, -0.05) is 77.9 Å². The van der Waals surface area contributed by atoms with Gasteiger partial charge in [-0.3, -0.25) is 0 Å². The molecule has 0 aliphatic rings. The van der Waals surface area contributed by atoms with Crippen molar-refractivity contribution in [2.24, 2.45) is 0 Å². The Morgan fingerprint density at radius 1 is 0.783 bits per heavy atom. The third kappa shape index (κ3) is 3.82. The van der Waals surface area contributed by atoms with Crippen LogP contribution >= 0.6 is 0 Å². The van der Waals surface area contributed by atoms with Crippen LogP contribution in [0.3, 0.4) is 0 Å². The van der Waals surface area contributed by atoms with Gasteiger partial charge in [0.1, 0.15) is 0 Å². The summed E-state index contributed by atoms with van der Waals surface area (Å²) in [6.45, 7) is 12.8. The summed E-state index contributed by atoms with van der Waals surface area (Å²) in [5.74, 6) is -0.883. The lowest BCUT2D eigenvalue weighted by molar-refractivity contribution is 0.0697. The smallest absolute Gasteiger partial charge is 0.336 e. The molecule has 122 valence electrons. The summed E-state index contributed by atoms with van der Waals surface area (Å²) in [6, 6.07) is 13.9. The van der Waals surface area contributed by atoms with Crippen molar-refractivity contribution in [3.63, 3.8) is 0 Å². The minimum absolute atomic E-state index is 0.0706. The van der Waals surface area contributed by atoms with Gasteiger partial charge in [0.2, 0.25) is 0 Å². The molecule has 0 radical (unpaired) electrons. The zero-order chi connectivity index (χ0) is 17.4. The van der Waals surface area contributed by atoms with Crippen LogP contribution in [0.25, 0.3) is 11.1 Å². The fourth-order valence-corrected chi connectivity index (χ4v) is 2.59. The first-order valence-electron chi connectivity index (χ1n) is 7.99. The number of rotatable bonds is 2. The second-order valence-electron chi connectivity index (χ2n) is 8.14. The monoisotopic (exact) mass is 310 g/mol. The highest BCUT2D eigenvalue weighted by Crippen LogP contribution is 2.31. The standard InChI is InChI=1S/C21H26O2/c1-20(2,3)15-9-7-14(8-10-15)17-12-11-16(21(4,5)6)13-18(17)19(22)23/h7-13H,1-6H3,(H,22,23). The number of aromatic carboxylic acids is 1. The zero-order valence-corrected chi connectivity index (χ0v) is 14.9. The van der Waals surface area contributed by atoms with Gasteiger partial charge in [0.25, 0.3) is 0 Å². The van der Waals surface area contributed by atoms with Crippen LogP contribution in [0.15, 0.2) is 42.5 Å². The first-order valence-corrected chi connectivity index (χ1v) is 7.99. The van der Waals surface area contributed by atoms with Crippen molar-refractivity contribution in [2.45, 2.75) is 52.4 Å². The van der Waals surface area contributed by atoms with Gasteiger partial charge in [-0.25, -0.2) is 4.79 Å². The lowest BCUT2D eigenvalue weighted by Gasteiger charge is -2.21. The molecule has 0 spiro atoms. The fourth-order valence-electron chi connectivity index (χ4n) is 2.59. The van der Waals surface area contributed by atoms with Gasteiger partial charge in [0.15, 0.2) is 0 Å². The van der Waals surface area contributed by atoms with E-state index in [1.807, 2.05) is 24.3 Å². The predicted octanol–water partition coefficient (Wildman–Crippen LogP) is 5.65. The van der Waals surface area contributed by atoms with Crippen LogP contribution in [0.5, 0.6) is 0 Å². The Morgan fingerprint density at radius 2 is 1.26 bits per heavy atom. The van der Waals surface area contributed by atoms with Crippen LogP contribution in [0, 0.1) is 0 Å². The van der Waals surface area contributed by atoms with Gasteiger partial charge in [-0.05, 0) is 39.2 Å². The third-order valence-corrected chi connectivity index (χ3v) is 4.18. The van der Waals surface area contributed by atoms with Gasteiger partial charge in [-0.15, -0.1) is 0 Å². The maximum atomic E-state index is 11.7. The molecule has 0 heterocycles. The highest BCUT2D eigenvalue weighted by Gasteiger charge is 2.19. The number of carboxylic acid groups (broad SMARTS) is 1. The molecule has 0 aliphatic heterocycles. The van der Waals surface area contributed by atoms with Gasteiger partial charge < -0.3 is 5.11 Å². The van der Waals surface area contributed by atoms with Gasteiger partial charge in [0, 0.05) is 0 Å². The van der Waals surface area contributed by atoms with E-state index in [-0.39, 0.29) is 10.8 Å². The SMILES string of the molecule is CC(C)(C)c1ccc(-c2ccc(C(C)(C)C)cc2C(=O)O)cc1. The lowest BCUT2D eigenvalue weighted by atomic mass is 9.83. The molecule has 2 aromatic carbocycles. The average Bonchev–Trinajstić information content (AvgIpc) is 2.45. The number of hydrogen-bond donors (Lipinski definition) is 1. The normalized spacial score (nSPS) is 12.3. The fraction of sp³-hybridized carbons (Fsp3) is 0.381. The van der Waals surface area contributed by atoms with E-state index in [1.165, 1.54) is 5.56 Å². The van der Waals surface area contributed by atoms with E-state index < -0.39 is 5.97 Å². The molecule has 0 saturated carbocycles. The van der Waals surface area contributed by atoms with Crippen LogP contribution < -0.4 is 0 Å². The average molecular weight is 310 g/mol. The highest BCUT2D eigenvalue weighted by molar-refractivity contribution is 5.96. The molecular formula is C21H26O2. The first-order chi connectivity index (χ1) is 10.5. The first kappa shape index (κ1) is 17.3. The summed E-state index contributed by atoms with van der Waals surface area (Å²) < 4.78 is 0. The van der Waals surface area contributed by atoms with Gasteiger partial charge >= 0.3 is 5.97 Å². The second kappa shape index (κ2) is 5.84.